The molecule has 0 bridgehead atoms. The fourth-order valence-corrected chi connectivity index (χ4v) is 1.94. The van der Waals surface area contributed by atoms with E-state index in [1.165, 1.54) is 6.08 Å². The lowest BCUT2D eigenvalue weighted by molar-refractivity contribution is -0.111. The first kappa shape index (κ1) is 16.8. The van der Waals surface area contributed by atoms with Gasteiger partial charge in [-0.25, -0.2) is 0 Å². The Hall–Kier alpha value is -2.59. The van der Waals surface area contributed by atoms with Crippen LogP contribution < -0.4 is 10.1 Å². The number of ether oxygens (including phenoxy) is 1. The SMILES string of the molecule is CN(C)CCOc1ccccc1NC(=O)C=Cc1ccccc1. The Morgan fingerprint density at radius 2 is 1.78 bits per heavy atom. The maximum Gasteiger partial charge on any atom is 0.248 e. The molecule has 0 aliphatic heterocycles. The molecule has 4 heteroatoms. The summed E-state index contributed by atoms with van der Waals surface area (Å²) >= 11 is 0. The van der Waals surface area contributed by atoms with Crippen LogP contribution in [0.1, 0.15) is 5.56 Å². The molecule has 0 spiro atoms. The zero-order valence-electron chi connectivity index (χ0n) is 13.5. The predicted octanol–water partition coefficient (Wildman–Crippen LogP) is 3.28. The number of rotatable bonds is 7. The standard InChI is InChI=1S/C19H22N2O2/c1-21(2)14-15-23-18-11-7-6-10-17(18)20-19(22)13-12-16-8-4-3-5-9-16/h3-13H,14-15H2,1-2H3,(H,20,22). The van der Waals surface area contributed by atoms with Crippen LogP contribution in [0.5, 0.6) is 5.75 Å². The highest BCUT2D eigenvalue weighted by Crippen LogP contribution is 2.23. The van der Waals surface area contributed by atoms with Crippen LogP contribution >= 0.6 is 0 Å². The summed E-state index contributed by atoms with van der Waals surface area (Å²) < 4.78 is 5.73. The van der Waals surface area contributed by atoms with Crippen LogP contribution in [0.25, 0.3) is 6.08 Å². The monoisotopic (exact) mass is 310 g/mol. The average Bonchev–Trinajstić information content (AvgIpc) is 2.55. The highest BCUT2D eigenvalue weighted by atomic mass is 16.5. The minimum absolute atomic E-state index is 0.183. The summed E-state index contributed by atoms with van der Waals surface area (Å²) in [6, 6.07) is 17.2. The van der Waals surface area contributed by atoms with Gasteiger partial charge in [0.05, 0.1) is 5.69 Å². The smallest absolute Gasteiger partial charge is 0.248 e. The van der Waals surface area contributed by atoms with Crippen molar-refractivity contribution in [3.05, 3.63) is 66.2 Å². The molecule has 1 amide bonds. The number of hydrogen-bond donors (Lipinski definition) is 1. The van der Waals surface area contributed by atoms with E-state index in [4.69, 9.17) is 4.74 Å². The van der Waals surface area contributed by atoms with Gasteiger partial charge in [-0.3, -0.25) is 4.79 Å². The van der Waals surface area contributed by atoms with E-state index >= 15 is 0 Å². The van der Waals surface area contributed by atoms with Gasteiger partial charge in [-0.15, -0.1) is 0 Å². The summed E-state index contributed by atoms with van der Waals surface area (Å²) in [5.74, 6) is 0.494. The van der Waals surface area contributed by atoms with Crippen LogP contribution in [0, 0.1) is 0 Å². The molecule has 1 N–H and O–H groups in total. The lowest BCUT2D eigenvalue weighted by atomic mass is 10.2. The van der Waals surface area contributed by atoms with E-state index in [-0.39, 0.29) is 5.91 Å². The van der Waals surface area contributed by atoms with E-state index in [0.717, 1.165) is 12.1 Å². The fraction of sp³-hybridized carbons (Fsp3) is 0.211. The van der Waals surface area contributed by atoms with Gasteiger partial charge < -0.3 is 15.0 Å². The zero-order chi connectivity index (χ0) is 16.5. The van der Waals surface area contributed by atoms with Crippen molar-refractivity contribution in [2.24, 2.45) is 0 Å². The number of para-hydroxylation sites is 2. The van der Waals surface area contributed by atoms with Crippen molar-refractivity contribution in [3.8, 4) is 5.75 Å². The van der Waals surface area contributed by atoms with Gasteiger partial charge in [0.25, 0.3) is 0 Å². The molecule has 0 radical (unpaired) electrons. The Balaban J connectivity index is 1.96. The maximum atomic E-state index is 12.1. The minimum Gasteiger partial charge on any atom is -0.490 e. The first-order chi connectivity index (χ1) is 11.1. The summed E-state index contributed by atoms with van der Waals surface area (Å²) in [6.45, 7) is 1.38. The molecular formula is C19H22N2O2. The van der Waals surface area contributed by atoms with Gasteiger partial charge in [0.15, 0.2) is 0 Å². The van der Waals surface area contributed by atoms with E-state index in [1.54, 1.807) is 6.08 Å². The molecule has 0 atom stereocenters. The largest absolute Gasteiger partial charge is 0.490 e. The van der Waals surface area contributed by atoms with Crippen molar-refractivity contribution in [2.75, 3.05) is 32.6 Å². The van der Waals surface area contributed by atoms with Gasteiger partial charge in [0.2, 0.25) is 5.91 Å². The fourth-order valence-electron chi connectivity index (χ4n) is 1.94. The number of likely N-dealkylation sites (N-methyl/N-ethyl adjacent to an activating group) is 1. The van der Waals surface area contributed by atoms with Crippen LogP contribution in [0.3, 0.4) is 0 Å². The van der Waals surface area contributed by atoms with Gasteiger partial charge in [-0.2, -0.15) is 0 Å². The molecule has 2 aromatic rings. The summed E-state index contributed by atoms with van der Waals surface area (Å²) in [4.78, 5) is 14.1. The molecule has 23 heavy (non-hydrogen) atoms. The summed E-state index contributed by atoms with van der Waals surface area (Å²) in [6.07, 6.45) is 3.30. The van der Waals surface area contributed by atoms with Crippen LogP contribution in [0.4, 0.5) is 5.69 Å². The molecule has 2 aromatic carbocycles. The first-order valence-corrected chi connectivity index (χ1v) is 7.56. The number of amides is 1. The van der Waals surface area contributed by atoms with Gasteiger partial charge in [0.1, 0.15) is 12.4 Å². The summed E-state index contributed by atoms with van der Waals surface area (Å²) in [7, 11) is 3.98. The Morgan fingerprint density at radius 1 is 1.09 bits per heavy atom. The van der Waals surface area contributed by atoms with Crippen molar-refractivity contribution in [3.63, 3.8) is 0 Å². The molecule has 0 saturated heterocycles. The molecule has 0 heterocycles. The van der Waals surface area contributed by atoms with E-state index in [9.17, 15) is 4.79 Å². The molecule has 0 unspecified atom stereocenters. The Morgan fingerprint density at radius 3 is 2.52 bits per heavy atom. The molecule has 120 valence electrons. The van der Waals surface area contributed by atoms with Crippen molar-refractivity contribution in [2.45, 2.75) is 0 Å². The van der Waals surface area contributed by atoms with Gasteiger partial charge in [0, 0.05) is 12.6 Å². The van der Waals surface area contributed by atoms with Crippen LogP contribution in [-0.4, -0.2) is 38.1 Å². The van der Waals surface area contributed by atoms with E-state index in [2.05, 4.69) is 5.32 Å². The second-order valence-corrected chi connectivity index (χ2v) is 5.38. The Kier molecular flexibility index (Phi) is 6.39. The third-order valence-corrected chi connectivity index (χ3v) is 3.17. The molecule has 0 aliphatic carbocycles. The number of carbonyl (C=O) groups is 1. The average molecular weight is 310 g/mol. The van der Waals surface area contributed by atoms with Crippen molar-refractivity contribution >= 4 is 17.7 Å². The van der Waals surface area contributed by atoms with E-state index < -0.39 is 0 Å². The lowest BCUT2D eigenvalue weighted by Gasteiger charge is -2.14. The van der Waals surface area contributed by atoms with Crippen molar-refractivity contribution < 1.29 is 9.53 Å². The Labute approximate surface area is 137 Å². The zero-order valence-corrected chi connectivity index (χ0v) is 13.5. The number of nitrogens with zero attached hydrogens (tertiary/aromatic N) is 1. The first-order valence-electron chi connectivity index (χ1n) is 7.56. The number of anilines is 1. The number of benzene rings is 2. The van der Waals surface area contributed by atoms with Crippen LogP contribution in [-0.2, 0) is 4.79 Å². The molecular weight excluding hydrogens is 288 g/mol. The highest BCUT2D eigenvalue weighted by Gasteiger charge is 2.05. The normalized spacial score (nSPS) is 10.9. The van der Waals surface area contributed by atoms with E-state index in [0.29, 0.717) is 18.0 Å². The summed E-state index contributed by atoms with van der Waals surface area (Å²) in [5.41, 5.74) is 1.66. The van der Waals surface area contributed by atoms with Crippen LogP contribution in [0.2, 0.25) is 0 Å². The van der Waals surface area contributed by atoms with Crippen LogP contribution in [0.15, 0.2) is 60.7 Å². The number of nitrogens with one attached hydrogen (secondary N) is 1. The molecule has 0 saturated carbocycles. The maximum absolute atomic E-state index is 12.1. The minimum atomic E-state index is -0.183. The number of hydrogen-bond acceptors (Lipinski definition) is 3. The third kappa shape index (κ3) is 5.96. The molecule has 0 aromatic heterocycles. The van der Waals surface area contributed by atoms with Crippen molar-refractivity contribution in [1.29, 1.82) is 0 Å². The molecule has 2 rings (SSSR count). The molecule has 4 nitrogen and oxygen atoms in total. The second-order valence-electron chi connectivity index (χ2n) is 5.38. The quantitative estimate of drug-likeness (QED) is 0.798. The molecule has 0 fully saturated rings. The van der Waals surface area contributed by atoms with Gasteiger partial charge in [-0.05, 0) is 37.9 Å². The topological polar surface area (TPSA) is 41.6 Å². The lowest BCUT2D eigenvalue weighted by Crippen LogP contribution is -2.20. The predicted molar refractivity (Wildman–Crippen MR) is 94.6 cm³/mol. The third-order valence-electron chi connectivity index (χ3n) is 3.17. The number of carbonyl (C=O) groups excluding carboxylic acids is 1. The van der Waals surface area contributed by atoms with Gasteiger partial charge >= 0.3 is 0 Å². The molecule has 0 aliphatic rings. The van der Waals surface area contributed by atoms with Gasteiger partial charge in [-0.1, -0.05) is 42.5 Å². The summed E-state index contributed by atoms with van der Waals surface area (Å²) in [5, 5.41) is 2.85. The van der Waals surface area contributed by atoms with E-state index in [1.807, 2.05) is 73.6 Å². The Bertz CT molecular complexity index is 651. The van der Waals surface area contributed by atoms with Crippen molar-refractivity contribution in [1.82, 2.24) is 4.90 Å². The second kappa shape index (κ2) is 8.76. The highest BCUT2D eigenvalue weighted by molar-refractivity contribution is 6.02.